The monoisotopic (exact) mass is 325 g/mol. The Bertz CT molecular complexity index is 398. The third-order valence-electron chi connectivity index (χ3n) is 3.32. The van der Waals surface area contributed by atoms with Crippen LogP contribution in [0.1, 0.15) is 34.6 Å². The molecule has 0 saturated carbocycles. The van der Waals surface area contributed by atoms with Crippen LogP contribution in [0.2, 0.25) is 0 Å². The molecule has 1 aliphatic rings. The summed E-state index contributed by atoms with van der Waals surface area (Å²) in [4.78, 5) is 19.2. The van der Waals surface area contributed by atoms with Crippen LogP contribution in [0.5, 0.6) is 0 Å². The molecule has 7 heteroatoms. The fourth-order valence-corrected chi connectivity index (χ4v) is 3.14. The van der Waals surface area contributed by atoms with Gasteiger partial charge in [0.05, 0.1) is 11.2 Å². The van der Waals surface area contributed by atoms with Crippen molar-refractivity contribution in [1.82, 2.24) is 9.88 Å². The third kappa shape index (κ3) is 4.60. The van der Waals surface area contributed by atoms with Crippen molar-refractivity contribution < 1.29 is 4.79 Å². The second kappa shape index (κ2) is 8.74. The summed E-state index contributed by atoms with van der Waals surface area (Å²) >= 11 is 1.44. The highest BCUT2D eigenvalue weighted by atomic mass is 35.5. The van der Waals surface area contributed by atoms with Crippen molar-refractivity contribution in [3.05, 3.63) is 16.1 Å². The second-order valence-electron chi connectivity index (χ2n) is 4.60. The van der Waals surface area contributed by atoms with Crippen molar-refractivity contribution in [3.63, 3.8) is 0 Å². The summed E-state index contributed by atoms with van der Waals surface area (Å²) in [7, 11) is 0. The minimum Gasteiger partial charge on any atom is -0.338 e. The van der Waals surface area contributed by atoms with Gasteiger partial charge in [-0.2, -0.15) is 0 Å². The first-order valence-electron chi connectivity index (χ1n) is 6.11. The van der Waals surface area contributed by atoms with Crippen LogP contribution in [-0.2, 0) is 0 Å². The normalized spacial score (nSPS) is 18.4. The Morgan fingerprint density at radius 3 is 2.89 bits per heavy atom. The van der Waals surface area contributed by atoms with E-state index in [1.54, 1.807) is 5.51 Å². The van der Waals surface area contributed by atoms with Crippen molar-refractivity contribution in [2.75, 3.05) is 19.6 Å². The average Bonchev–Trinajstić information content (AvgIpc) is 2.75. The van der Waals surface area contributed by atoms with Crippen LogP contribution in [0.3, 0.4) is 0 Å². The van der Waals surface area contributed by atoms with Crippen LogP contribution in [0.15, 0.2) is 5.51 Å². The lowest BCUT2D eigenvalue weighted by molar-refractivity contribution is 0.0673. The molecule has 1 fully saturated rings. The van der Waals surface area contributed by atoms with Gasteiger partial charge in [-0.25, -0.2) is 4.98 Å². The number of nitrogens with two attached hydrogens (primary N) is 1. The van der Waals surface area contributed by atoms with Crippen LogP contribution in [0, 0.1) is 12.8 Å². The molecule has 1 amide bonds. The lowest BCUT2D eigenvalue weighted by Crippen LogP contribution is -2.40. The topological polar surface area (TPSA) is 59.2 Å². The first-order valence-corrected chi connectivity index (χ1v) is 6.99. The summed E-state index contributed by atoms with van der Waals surface area (Å²) in [5, 5.41) is 0. The molecule has 0 spiro atoms. The zero-order valence-corrected chi connectivity index (χ0v) is 13.5. The first kappa shape index (κ1) is 18.6. The second-order valence-corrected chi connectivity index (χ2v) is 5.46. The predicted octanol–water partition coefficient (Wildman–Crippen LogP) is 2.50. The Morgan fingerprint density at radius 1 is 1.58 bits per heavy atom. The van der Waals surface area contributed by atoms with Crippen LogP contribution in [0.4, 0.5) is 0 Å². The minimum absolute atomic E-state index is 0. The van der Waals surface area contributed by atoms with Crippen LogP contribution >= 0.6 is 36.2 Å². The lowest BCUT2D eigenvalue weighted by Gasteiger charge is -2.32. The minimum atomic E-state index is 0. The summed E-state index contributed by atoms with van der Waals surface area (Å²) in [6.45, 7) is 4.34. The highest BCUT2D eigenvalue weighted by Gasteiger charge is 2.25. The van der Waals surface area contributed by atoms with Crippen molar-refractivity contribution >= 4 is 42.1 Å². The lowest BCUT2D eigenvalue weighted by atomic mass is 9.95. The largest absolute Gasteiger partial charge is 0.338 e. The van der Waals surface area contributed by atoms with E-state index >= 15 is 0 Å². The average molecular weight is 326 g/mol. The number of rotatable bonds is 3. The van der Waals surface area contributed by atoms with Gasteiger partial charge in [0.15, 0.2) is 0 Å². The van der Waals surface area contributed by atoms with E-state index in [0.717, 1.165) is 36.5 Å². The number of hydrogen-bond donors (Lipinski definition) is 1. The van der Waals surface area contributed by atoms with Gasteiger partial charge in [0.25, 0.3) is 5.91 Å². The van der Waals surface area contributed by atoms with Gasteiger partial charge in [-0.05, 0) is 38.6 Å². The van der Waals surface area contributed by atoms with Gasteiger partial charge >= 0.3 is 0 Å². The van der Waals surface area contributed by atoms with Crippen molar-refractivity contribution in [3.8, 4) is 0 Å². The zero-order valence-electron chi connectivity index (χ0n) is 11.0. The molecule has 0 radical (unpaired) electrons. The molecule has 1 unspecified atom stereocenters. The maximum atomic E-state index is 12.3. The molecule has 0 aromatic carbocycles. The van der Waals surface area contributed by atoms with Crippen molar-refractivity contribution in [1.29, 1.82) is 0 Å². The quantitative estimate of drug-likeness (QED) is 0.928. The van der Waals surface area contributed by atoms with Gasteiger partial charge in [0, 0.05) is 13.1 Å². The standard InChI is InChI=1S/C12H19N3OS.2ClH/c1-9-11(17-8-14-9)12(16)15-6-2-3-10(7-15)4-5-13;;/h8,10H,2-7,13H2,1H3;2*1H. The van der Waals surface area contributed by atoms with E-state index in [1.165, 1.54) is 17.8 Å². The number of thiazole rings is 1. The molecular weight excluding hydrogens is 305 g/mol. The highest BCUT2D eigenvalue weighted by molar-refractivity contribution is 7.11. The number of piperidine rings is 1. The van der Waals surface area contributed by atoms with E-state index < -0.39 is 0 Å². The van der Waals surface area contributed by atoms with Gasteiger partial charge in [0.1, 0.15) is 4.88 Å². The summed E-state index contributed by atoms with van der Waals surface area (Å²) in [5.74, 6) is 0.720. The zero-order chi connectivity index (χ0) is 12.3. The molecule has 1 aromatic rings. The summed E-state index contributed by atoms with van der Waals surface area (Å²) in [6, 6.07) is 0. The molecule has 4 nitrogen and oxygen atoms in total. The first-order chi connectivity index (χ1) is 8.22. The van der Waals surface area contributed by atoms with Gasteiger partial charge in [0.2, 0.25) is 0 Å². The van der Waals surface area contributed by atoms with Gasteiger partial charge in [-0.15, -0.1) is 36.2 Å². The molecule has 19 heavy (non-hydrogen) atoms. The van der Waals surface area contributed by atoms with Crippen molar-refractivity contribution in [2.45, 2.75) is 26.2 Å². The van der Waals surface area contributed by atoms with E-state index in [0.29, 0.717) is 12.5 Å². The molecule has 1 aromatic heterocycles. The number of carbonyl (C=O) groups is 1. The van der Waals surface area contributed by atoms with Crippen molar-refractivity contribution in [2.24, 2.45) is 11.7 Å². The fraction of sp³-hybridized carbons (Fsp3) is 0.667. The molecule has 2 rings (SSSR count). The molecular formula is C12H21Cl2N3OS. The maximum absolute atomic E-state index is 12.3. The summed E-state index contributed by atoms with van der Waals surface area (Å²) in [5.41, 5.74) is 8.18. The third-order valence-corrected chi connectivity index (χ3v) is 4.24. The number of amides is 1. The molecule has 2 N–H and O–H groups in total. The van der Waals surface area contributed by atoms with Crippen LogP contribution in [-0.4, -0.2) is 35.4 Å². The number of hydrogen-bond acceptors (Lipinski definition) is 4. The molecule has 0 aliphatic carbocycles. The number of likely N-dealkylation sites (tertiary alicyclic amines) is 1. The van der Waals surface area contributed by atoms with Crippen LogP contribution in [0.25, 0.3) is 0 Å². The Hall–Kier alpha value is -0.360. The molecule has 0 bridgehead atoms. The number of nitrogens with zero attached hydrogens (tertiary/aromatic N) is 2. The Kier molecular flexibility index (Phi) is 8.57. The highest BCUT2D eigenvalue weighted by Crippen LogP contribution is 2.22. The van der Waals surface area contributed by atoms with Gasteiger partial charge in [-0.1, -0.05) is 0 Å². The van der Waals surface area contributed by atoms with E-state index in [-0.39, 0.29) is 30.7 Å². The smallest absolute Gasteiger partial charge is 0.265 e. The summed E-state index contributed by atoms with van der Waals surface area (Å²) < 4.78 is 0. The Balaban J connectivity index is 0.00000162. The molecule has 1 saturated heterocycles. The molecule has 2 heterocycles. The van der Waals surface area contributed by atoms with Gasteiger partial charge < -0.3 is 10.6 Å². The molecule has 1 atom stereocenters. The maximum Gasteiger partial charge on any atom is 0.265 e. The summed E-state index contributed by atoms with van der Waals surface area (Å²) in [6.07, 6.45) is 3.31. The molecule has 1 aliphatic heterocycles. The van der Waals surface area contributed by atoms with E-state index in [9.17, 15) is 4.79 Å². The SMILES string of the molecule is Cc1ncsc1C(=O)N1CCCC(CCN)C1.Cl.Cl. The van der Waals surface area contributed by atoms with E-state index in [4.69, 9.17) is 5.73 Å². The van der Waals surface area contributed by atoms with E-state index in [2.05, 4.69) is 4.98 Å². The predicted molar refractivity (Wildman–Crippen MR) is 83.6 cm³/mol. The number of carbonyl (C=O) groups excluding carboxylic acids is 1. The number of aryl methyl sites for hydroxylation is 1. The fourth-order valence-electron chi connectivity index (χ4n) is 2.37. The number of aromatic nitrogens is 1. The Morgan fingerprint density at radius 2 is 2.32 bits per heavy atom. The van der Waals surface area contributed by atoms with Gasteiger partial charge in [-0.3, -0.25) is 4.79 Å². The number of halogens is 2. The Labute approximate surface area is 130 Å². The van der Waals surface area contributed by atoms with Crippen LogP contribution < -0.4 is 5.73 Å². The molecule has 110 valence electrons. The van der Waals surface area contributed by atoms with E-state index in [1.807, 2.05) is 11.8 Å².